The number of hydrogen-bond donors (Lipinski definition) is 0. The van der Waals surface area contributed by atoms with Gasteiger partial charge in [0.15, 0.2) is 6.61 Å². The van der Waals surface area contributed by atoms with Crippen molar-refractivity contribution >= 4 is 12.0 Å². The lowest BCUT2D eigenvalue weighted by atomic mass is 10.2. The molecule has 3 nitrogen and oxygen atoms in total. The van der Waals surface area contributed by atoms with Crippen molar-refractivity contribution in [3.63, 3.8) is 0 Å². The Morgan fingerprint density at radius 3 is 2.75 bits per heavy atom. The fraction of sp³-hybridized carbons (Fsp3) is 0.154. The average molecular weight is 218 g/mol. The monoisotopic (exact) mass is 218 g/mol. The summed E-state index contributed by atoms with van der Waals surface area (Å²) < 4.78 is 9.54. The molecule has 0 amide bonds. The van der Waals surface area contributed by atoms with Crippen LogP contribution in [0, 0.1) is 0 Å². The van der Waals surface area contributed by atoms with Gasteiger partial charge >= 0.3 is 5.97 Å². The van der Waals surface area contributed by atoms with Crippen LogP contribution in [0.2, 0.25) is 0 Å². The number of carbonyl (C=O) groups is 1. The third-order valence-electron chi connectivity index (χ3n) is 1.77. The van der Waals surface area contributed by atoms with Crippen LogP contribution in [0.15, 0.2) is 49.2 Å². The van der Waals surface area contributed by atoms with E-state index in [-0.39, 0.29) is 13.2 Å². The van der Waals surface area contributed by atoms with Crippen LogP contribution in [-0.4, -0.2) is 19.2 Å². The van der Waals surface area contributed by atoms with Crippen LogP contribution < -0.4 is 0 Å². The number of esters is 1. The van der Waals surface area contributed by atoms with Crippen molar-refractivity contribution < 1.29 is 14.3 Å². The molecule has 0 saturated heterocycles. The number of hydrogen-bond acceptors (Lipinski definition) is 3. The second kappa shape index (κ2) is 7.29. The molecule has 1 rings (SSSR count). The number of rotatable bonds is 6. The fourth-order valence-corrected chi connectivity index (χ4v) is 1.06. The second-order valence-electron chi connectivity index (χ2n) is 2.97. The summed E-state index contributed by atoms with van der Waals surface area (Å²) in [4.78, 5) is 11.0. The Balaban J connectivity index is 2.22. The average Bonchev–Trinajstić information content (AvgIpc) is 2.33. The molecule has 0 aliphatic carbocycles. The molecular weight excluding hydrogens is 204 g/mol. The molecule has 0 radical (unpaired) electrons. The van der Waals surface area contributed by atoms with E-state index in [1.54, 1.807) is 6.08 Å². The van der Waals surface area contributed by atoms with E-state index in [0.29, 0.717) is 0 Å². The van der Waals surface area contributed by atoms with E-state index in [1.807, 2.05) is 36.4 Å². The highest BCUT2D eigenvalue weighted by Crippen LogP contribution is 2.00. The van der Waals surface area contributed by atoms with Gasteiger partial charge in [-0.1, -0.05) is 43.0 Å². The van der Waals surface area contributed by atoms with Gasteiger partial charge in [-0.2, -0.15) is 0 Å². The minimum Gasteiger partial charge on any atom is -0.490 e. The summed E-state index contributed by atoms with van der Waals surface area (Å²) in [6.45, 7) is 3.47. The normalized spacial score (nSPS) is 10.0. The molecule has 0 aliphatic rings. The van der Waals surface area contributed by atoms with Crippen molar-refractivity contribution in [1.82, 2.24) is 0 Å². The van der Waals surface area contributed by atoms with E-state index in [4.69, 9.17) is 4.74 Å². The van der Waals surface area contributed by atoms with E-state index in [1.165, 1.54) is 6.26 Å². The van der Waals surface area contributed by atoms with Crippen LogP contribution in [0.3, 0.4) is 0 Å². The van der Waals surface area contributed by atoms with E-state index in [2.05, 4.69) is 11.3 Å². The second-order valence-corrected chi connectivity index (χ2v) is 2.97. The molecule has 0 N–H and O–H groups in total. The highest BCUT2D eigenvalue weighted by Gasteiger charge is 1.98. The topological polar surface area (TPSA) is 35.5 Å². The Bertz CT molecular complexity index is 355. The molecule has 1 aromatic carbocycles. The predicted octanol–water partition coefficient (Wildman–Crippen LogP) is 2.40. The fourth-order valence-electron chi connectivity index (χ4n) is 1.06. The highest BCUT2D eigenvalue weighted by atomic mass is 16.6. The predicted molar refractivity (Wildman–Crippen MR) is 62.6 cm³/mol. The van der Waals surface area contributed by atoms with Gasteiger partial charge in [0, 0.05) is 0 Å². The van der Waals surface area contributed by atoms with Crippen LogP contribution >= 0.6 is 0 Å². The van der Waals surface area contributed by atoms with Gasteiger partial charge in [0.2, 0.25) is 0 Å². The lowest BCUT2D eigenvalue weighted by molar-refractivity contribution is -0.145. The van der Waals surface area contributed by atoms with Gasteiger partial charge in [-0.25, -0.2) is 4.79 Å². The minimum absolute atomic E-state index is 0.0946. The zero-order valence-corrected chi connectivity index (χ0v) is 8.96. The first-order valence-corrected chi connectivity index (χ1v) is 4.92. The third-order valence-corrected chi connectivity index (χ3v) is 1.77. The van der Waals surface area contributed by atoms with Crippen LogP contribution in [0.1, 0.15) is 5.56 Å². The molecule has 0 unspecified atom stereocenters. The van der Waals surface area contributed by atoms with Crippen molar-refractivity contribution in [1.29, 1.82) is 0 Å². The van der Waals surface area contributed by atoms with Gasteiger partial charge in [0.1, 0.15) is 6.61 Å². The molecule has 0 saturated carbocycles. The maximum atomic E-state index is 11.0. The molecule has 84 valence electrons. The molecule has 0 fully saturated rings. The molecule has 0 atom stereocenters. The Labute approximate surface area is 95.0 Å². The van der Waals surface area contributed by atoms with Gasteiger partial charge in [0.25, 0.3) is 0 Å². The third kappa shape index (κ3) is 5.00. The van der Waals surface area contributed by atoms with Crippen molar-refractivity contribution in [2.75, 3.05) is 13.2 Å². The van der Waals surface area contributed by atoms with Crippen LogP contribution in [0.25, 0.3) is 6.08 Å². The molecule has 3 heteroatoms. The molecule has 16 heavy (non-hydrogen) atoms. The Morgan fingerprint density at radius 2 is 2.06 bits per heavy atom. The summed E-state index contributed by atoms with van der Waals surface area (Å²) in [5, 5.41) is 0. The van der Waals surface area contributed by atoms with Crippen LogP contribution in [0.4, 0.5) is 0 Å². The standard InChI is InChI=1S/C13H14O3/c1-2-15-11-13(14)16-10-6-9-12-7-4-3-5-8-12/h2-9H,1,10-11H2. The number of benzene rings is 1. The smallest absolute Gasteiger partial charge is 0.344 e. The molecular formula is C13H14O3. The van der Waals surface area contributed by atoms with Crippen molar-refractivity contribution in [3.8, 4) is 0 Å². The Kier molecular flexibility index (Phi) is 5.48. The molecule has 0 heterocycles. The summed E-state index contributed by atoms with van der Waals surface area (Å²) in [5.41, 5.74) is 1.07. The quantitative estimate of drug-likeness (QED) is 0.543. The van der Waals surface area contributed by atoms with Crippen molar-refractivity contribution in [3.05, 3.63) is 54.8 Å². The van der Waals surface area contributed by atoms with Crippen LogP contribution in [0.5, 0.6) is 0 Å². The SMILES string of the molecule is C=COCC(=O)OCC=Cc1ccccc1. The maximum absolute atomic E-state index is 11.0. The molecule has 1 aromatic rings. The van der Waals surface area contributed by atoms with E-state index >= 15 is 0 Å². The first-order valence-electron chi connectivity index (χ1n) is 4.92. The molecule has 0 aliphatic heterocycles. The van der Waals surface area contributed by atoms with Gasteiger partial charge in [-0.3, -0.25) is 0 Å². The summed E-state index contributed by atoms with van der Waals surface area (Å²) in [7, 11) is 0. The Hall–Kier alpha value is -2.03. The van der Waals surface area contributed by atoms with Crippen molar-refractivity contribution in [2.45, 2.75) is 0 Å². The van der Waals surface area contributed by atoms with Gasteiger partial charge in [-0.15, -0.1) is 0 Å². The summed E-state index contributed by atoms with van der Waals surface area (Å²) in [6, 6.07) is 9.79. The van der Waals surface area contributed by atoms with E-state index < -0.39 is 5.97 Å². The van der Waals surface area contributed by atoms with Gasteiger partial charge < -0.3 is 9.47 Å². The van der Waals surface area contributed by atoms with Gasteiger partial charge in [-0.05, 0) is 11.6 Å². The first-order chi connectivity index (χ1) is 7.83. The zero-order valence-electron chi connectivity index (χ0n) is 8.96. The van der Waals surface area contributed by atoms with Gasteiger partial charge in [0.05, 0.1) is 6.26 Å². The number of ether oxygens (including phenoxy) is 2. The summed E-state index contributed by atoms with van der Waals surface area (Å²) in [6.07, 6.45) is 4.88. The van der Waals surface area contributed by atoms with Crippen molar-refractivity contribution in [2.24, 2.45) is 0 Å². The minimum atomic E-state index is -0.405. The number of carbonyl (C=O) groups excluding carboxylic acids is 1. The Morgan fingerprint density at radius 1 is 1.31 bits per heavy atom. The van der Waals surface area contributed by atoms with Crippen LogP contribution in [-0.2, 0) is 14.3 Å². The molecule has 0 aromatic heterocycles. The lowest BCUT2D eigenvalue weighted by Crippen LogP contribution is -2.10. The maximum Gasteiger partial charge on any atom is 0.344 e. The summed E-state index contributed by atoms with van der Waals surface area (Å²) >= 11 is 0. The largest absolute Gasteiger partial charge is 0.490 e. The van der Waals surface area contributed by atoms with E-state index in [0.717, 1.165) is 5.56 Å². The lowest BCUT2D eigenvalue weighted by Gasteiger charge is -2.00. The first kappa shape index (κ1) is 12.0. The highest BCUT2D eigenvalue weighted by molar-refractivity contribution is 5.71. The molecule has 0 spiro atoms. The van der Waals surface area contributed by atoms with E-state index in [9.17, 15) is 4.79 Å². The zero-order chi connectivity index (χ0) is 11.6. The summed E-state index contributed by atoms with van der Waals surface area (Å²) in [5.74, 6) is -0.405. The molecule has 0 bridgehead atoms.